The molecule has 1 heterocycles. The van der Waals surface area contributed by atoms with E-state index in [0.717, 1.165) is 0 Å². The Bertz CT molecular complexity index is 1360. The molecule has 0 aliphatic heterocycles. The second-order valence-electron chi connectivity index (χ2n) is 9.83. The average Bonchev–Trinajstić information content (AvgIpc) is 3.40. The van der Waals surface area contributed by atoms with Crippen molar-refractivity contribution in [1.82, 2.24) is 20.9 Å². The van der Waals surface area contributed by atoms with Crippen molar-refractivity contribution in [2.24, 2.45) is 11.7 Å². The summed E-state index contributed by atoms with van der Waals surface area (Å²) in [5, 5.41) is 25.0. The summed E-state index contributed by atoms with van der Waals surface area (Å²) >= 11 is 0. The number of rotatable bonds is 14. The Balaban J connectivity index is 1.92. The number of benzene rings is 2. The molecule has 2 aromatic carbocycles. The van der Waals surface area contributed by atoms with E-state index in [4.69, 9.17) is 20.3 Å². The zero-order valence-corrected chi connectivity index (χ0v) is 23.3. The van der Waals surface area contributed by atoms with E-state index in [0.29, 0.717) is 29.7 Å². The molecular weight excluding hydrogens is 528 g/mol. The van der Waals surface area contributed by atoms with E-state index in [2.05, 4.69) is 20.9 Å². The lowest BCUT2D eigenvalue weighted by atomic mass is 10.0. The quantitative estimate of drug-likeness (QED) is 0.0968. The first-order chi connectivity index (χ1) is 19.6. The fourth-order valence-electron chi connectivity index (χ4n) is 4.14. The molecular formula is C29H36N6O6. The number of ether oxygens (including phenoxy) is 1. The number of carbonyl (C=O) groups excluding carboxylic acids is 2. The van der Waals surface area contributed by atoms with Gasteiger partial charge in [0.15, 0.2) is 17.4 Å². The number of hydrogen-bond acceptors (Lipinski definition) is 7. The van der Waals surface area contributed by atoms with Crippen molar-refractivity contribution in [3.05, 3.63) is 71.7 Å². The van der Waals surface area contributed by atoms with E-state index in [9.17, 15) is 19.5 Å². The fraction of sp³-hybridized carbons (Fsp3) is 0.345. The van der Waals surface area contributed by atoms with Crippen molar-refractivity contribution < 1.29 is 28.6 Å². The lowest BCUT2D eigenvalue weighted by Gasteiger charge is -2.18. The normalized spacial score (nSPS) is 12.3. The first kappa shape index (κ1) is 30.7. The number of nitrogens with zero attached hydrogens (tertiary/aromatic N) is 1. The lowest BCUT2D eigenvalue weighted by Crippen LogP contribution is -2.42. The van der Waals surface area contributed by atoms with Crippen molar-refractivity contribution in [2.45, 2.75) is 45.2 Å². The lowest BCUT2D eigenvalue weighted by molar-refractivity contribution is -0.139. The Morgan fingerprint density at radius 3 is 2.44 bits per heavy atom. The summed E-state index contributed by atoms with van der Waals surface area (Å²) in [5.74, 6) is -1.59. The third-order valence-electron chi connectivity index (χ3n) is 6.13. The monoisotopic (exact) mass is 564 g/mol. The van der Waals surface area contributed by atoms with Gasteiger partial charge in [0.2, 0.25) is 5.89 Å². The van der Waals surface area contributed by atoms with Crippen molar-refractivity contribution in [3.63, 3.8) is 0 Å². The molecule has 0 aliphatic rings. The molecule has 0 bridgehead atoms. The van der Waals surface area contributed by atoms with Crippen LogP contribution in [0.3, 0.4) is 0 Å². The van der Waals surface area contributed by atoms with Crippen LogP contribution in [0.4, 0.5) is 0 Å². The molecule has 218 valence electrons. The molecule has 0 aliphatic carbocycles. The van der Waals surface area contributed by atoms with Crippen LogP contribution in [0.25, 0.3) is 11.3 Å². The Morgan fingerprint density at radius 1 is 1.07 bits per heavy atom. The van der Waals surface area contributed by atoms with Gasteiger partial charge in [-0.05, 0) is 43.4 Å². The predicted molar refractivity (Wildman–Crippen MR) is 153 cm³/mol. The van der Waals surface area contributed by atoms with Gasteiger partial charge in [0.05, 0.1) is 7.11 Å². The molecule has 0 radical (unpaired) electrons. The first-order valence-corrected chi connectivity index (χ1v) is 13.2. The van der Waals surface area contributed by atoms with E-state index in [1.165, 1.54) is 7.11 Å². The van der Waals surface area contributed by atoms with E-state index < -0.39 is 24.0 Å². The summed E-state index contributed by atoms with van der Waals surface area (Å²) in [6.07, 6.45) is 0.908. The van der Waals surface area contributed by atoms with Crippen LogP contribution in [0.5, 0.6) is 5.75 Å². The zero-order valence-electron chi connectivity index (χ0n) is 23.3. The number of guanidine groups is 1. The molecule has 41 heavy (non-hydrogen) atoms. The van der Waals surface area contributed by atoms with Crippen LogP contribution in [0.1, 0.15) is 65.9 Å². The van der Waals surface area contributed by atoms with Crippen LogP contribution in [-0.2, 0) is 4.79 Å². The fourth-order valence-corrected chi connectivity index (χ4v) is 4.14. The van der Waals surface area contributed by atoms with Crippen molar-refractivity contribution in [2.75, 3.05) is 13.7 Å². The van der Waals surface area contributed by atoms with Gasteiger partial charge >= 0.3 is 5.97 Å². The van der Waals surface area contributed by atoms with Crippen molar-refractivity contribution in [1.29, 1.82) is 5.41 Å². The van der Waals surface area contributed by atoms with Gasteiger partial charge in [0.25, 0.3) is 11.8 Å². The van der Waals surface area contributed by atoms with Gasteiger partial charge in [0, 0.05) is 17.7 Å². The molecule has 0 saturated heterocycles. The maximum Gasteiger partial charge on any atom is 0.326 e. The number of methoxy groups -OCH3 is 1. The molecule has 12 heteroatoms. The predicted octanol–water partition coefficient (Wildman–Crippen LogP) is 3.31. The Labute approximate surface area is 238 Å². The number of carboxylic acids is 1. The van der Waals surface area contributed by atoms with E-state index in [-0.39, 0.29) is 48.1 Å². The third kappa shape index (κ3) is 8.82. The second-order valence-corrected chi connectivity index (χ2v) is 9.83. The van der Waals surface area contributed by atoms with Gasteiger partial charge in [-0.2, -0.15) is 0 Å². The summed E-state index contributed by atoms with van der Waals surface area (Å²) in [4.78, 5) is 42.9. The smallest absolute Gasteiger partial charge is 0.326 e. The van der Waals surface area contributed by atoms with Gasteiger partial charge in [-0.15, -0.1) is 0 Å². The van der Waals surface area contributed by atoms with Crippen LogP contribution in [0.15, 0.2) is 59.0 Å². The van der Waals surface area contributed by atoms with Crippen LogP contribution in [-0.4, -0.2) is 53.5 Å². The van der Waals surface area contributed by atoms with Gasteiger partial charge in [-0.3, -0.25) is 15.0 Å². The SMILES string of the molecule is COc1cccc(C(=O)N[C@@H](CC(C)C)c2nc(C(=O)N[C@@H](CCCNC(=N)N)C(=O)O)c(-c3ccccc3)o2)c1. The highest BCUT2D eigenvalue weighted by atomic mass is 16.5. The van der Waals surface area contributed by atoms with E-state index >= 15 is 0 Å². The third-order valence-corrected chi connectivity index (χ3v) is 6.13. The number of carbonyl (C=O) groups is 3. The maximum atomic E-state index is 13.4. The summed E-state index contributed by atoms with van der Waals surface area (Å²) in [5.41, 5.74) is 6.12. The summed E-state index contributed by atoms with van der Waals surface area (Å²) < 4.78 is 11.4. The van der Waals surface area contributed by atoms with Crippen molar-refractivity contribution in [3.8, 4) is 17.1 Å². The summed E-state index contributed by atoms with van der Waals surface area (Å²) in [6, 6.07) is 13.7. The first-order valence-electron chi connectivity index (χ1n) is 13.2. The molecule has 3 rings (SSSR count). The molecule has 1 aromatic heterocycles. The highest BCUT2D eigenvalue weighted by Crippen LogP contribution is 2.30. The molecule has 0 fully saturated rings. The van der Waals surface area contributed by atoms with Gasteiger partial charge in [-0.25, -0.2) is 9.78 Å². The number of aromatic nitrogens is 1. The number of nitrogens with one attached hydrogen (secondary N) is 4. The summed E-state index contributed by atoms with van der Waals surface area (Å²) in [6.45, 7) is 4.25. The zero-order chi connectivity index (χ0) is 29.9. The molecule has 0 unspecified atom stereocenters. The number of oxazole rings is 1. The summed E-state index contributed by atoms with van der Waals surface area (Å²) in [7, 11) is 1.51. The molecule has 2 atom stereocenters. The largest absolute Gasteiger partial charge is 0.497 e. The molecule has 3 aromatic rings. The average molecular weight is 565 g/mol. The highest BCUT2D eigenvalue weighted by Gasteiger charge is 2.30. The van der Waals surface area contributed by atoms with E-state index in [1.54, 1.807) is 48.5 Å². The molecule has 2 amide bonds. The standard InChI is InChI=1S/C29H36N6O6/c1-17(2)15-22(34-25(36)19-11-7-12-20(16-19)40-3)27-35-23(24(41-27)18-9-5-4-6-10-18)26(37)33-21(28(38)39)13-8-14-32-29(30)31/h4-7,9-12,16-17,21-22H,8,13-15H2,1-3H3,(H,33,37)(H,34,36)(H,38,39)(H4,30,31,32)/t21-,22-/m0/s1. The minimum absolute atomic E-state index is 0.0938. The molecule has 7 N–H and O–H groups in total. The topological polar surface area (TPSA) is 193 Å². The second kappa shape index (κ2) is 14.5. The highest BCUT2D eigenvalue weighted by molar-refractivity contribution is 5.99. The van der Waals surface area contributed by atoms with Crippen LogP contribution in [0.2, 0.25) is 0 Å². The maximum absolute atomic E-state index is 13.4. The van der Waals surface area contributed by atoms with Crippen molar-refractivity contribution >= 4 is 23.7 Å². The van der Waals surface area contributed by atoms with Crippen LogP contribution >= 0.6 is 0 Å². The number of carboxylic acid groups (broad SMARTS) is 1. The van der Waals surface area contributed by atoms with Gasteiger partial charge in [0.1, 0.15) is 17.8 Å². The minimum atomic E-state index is -1.21. The Hall–Kier alpha value is -4.87. The number of amides is 2. The minimum Gasteiger partial charge on any atom is -0.497 e. The van der Waals surface area contributed by atoms with Gasteiger partial charge < -0.3 is 35.9 Å². The van der Waals surface area contributed by atoms with Gasteiger partial charge in [-0.1, -0.05) is 50.2 Å². The Kier molecular flexibility index (Phi) is 10.8. The Morgan fingerprint density at radius 2 is 1.80 bits per heavy atom. The molecule has 0 saturated carbocycles. The molecule has 0 spiro atoms. The number of hydrogen-bond donors (Lipinski definition) is 6. The number of aliphatic carboxylic acids is 1. The van der Waals surface area contributed by atoms with Crippen LogP contribution < -0.4 is 26.4 Å². The van der Waals surface area contributed by atoms with E-state index in [1.807, 2.05) is 19.9 Å². The number of nitrogens with two attached hydrogens (primary N) is 1. The van der Waals surface area contributed by atoms with Crippen LogP contribution in [0, 0.1) is 11.3 Å². The molecule has 12 nitrogen and oxygen atoms in total.